The summed E-state index contributed by atoms with van der Waals surface area (Å²) in [6.45, 7) is 9.60. The summed E-state index contributed by atoms with van der Waals surface area (Å²) >= 11 is 3.55. The molecule has 130 valence electrons. The highest BCUT2D eigenvalue weighted by atomic mass is 127. The van der Waals surface area contributed by atoms with E-state index in [4.69, 9.17) is 0 Å². The number of guanidine groups is 1. The Morgan fingerprint density at radius 3 is 2.74 bits per heavy atom. The van der Waals surface area contributed by atoms with Gasteiger partial charge in [0.1, 0.15) is 0 Å². The molecule has 0 aliphatic carbocycles. The Hall–Kier alpha value is -0.500. The second-order valence-corrected chi connectivity index (χ2v) is 7.82. The molecule has 1 aliphatic rings. The summed E-state index contributed by atoms with van der Waals surface area (Å²) in [5.41, 5.74) is 1.33. The van der Waals surface area contributed by atoms with Gasteiger partial charge in [-0.3, -0.25) is 4.99 Å². The molecule has 1 saturated heterocycles. The van der Waals surface area contributed by atoms with Crippen LogP contribution in [0.15, 0.2) is 33.7 Å². The molecule has 2 N–H and O–H groups in total. The van der Waals surface area contributed by atoms with Crippen LogP contribution in [-0.4, -0.2) is 38.2 Å². The minimum Gasteiger partial charge on any atom is -0.371 e. The second kappa shape index (κ2) is 9.11. The fourth-order valence-corrected chi connectivity index (χ4v) is 3.07. The summed E-state index contributed by atoms with van der Waals surface area (Å²) in [6, 6.07) is 8.54. The average Bonchev–Trinajstić information content (AvgIpc) is 2.91. The van der Waals surface area contributed by atoms with Crippen molar-refractivity contribution >= 4 is 51.6 Å². The lowest BCUT2D eigenvalue weighted by Gasteiger charge is -2.25. The molecule has 1 aromatic carbocycles. The Morgan fingerprint density at radius 2 is 2.13 bits per heavy atom. The predicted molar refractivity (Wildman–Crippen MR) is 114 cm³/mol. The molecule has 1 fully saturated rings. The van der Waals surface area contributed by atoms with E-state index in [1.165, 1.54) is 12.1 Å². The summed E-state index contributed by atoms with van der Waals surface area (Å²) in [4.78, 5) is 6.75. The molecular formula is C17H28BrIN4. The maximum atomic E-state index is 4.30. The van der Waals surface area contributed by atoms with Crippen LogP contribution in [0.25, 0.3) is 0 Å². The topological polar surface area (TPSA) is 39.7 Å². The Morgan fingerprint density at radius 1 is 1.39 bits per heavy atom. The molecule has 0 aromatic heterocycles. The molecule has 0 radical (unpaired) electrons. The van der Waals surface area contributed by atoms with Gasteiger partial charge in [0.25, 0.3) is 0 Å². The smallest absolute Gasteiger partial charge is 0.191 e. The molecule has 1 aliphatic heterocycles. The van der Waals surface area contributed by atoms with Crippen LogP contribution in [0, 0.1) is 5.92 Å². The lowest BCUT2D eigenvalue weighted by atomic mass is 10.1. The van der Waals surface area contributed by atoms with Gasteiger partial charge in [-0.15, -0.1) is 24.0 Å². The van der Waals surface area contributed by atoms with Crippen molar-refractivity contribution < 1.29 is 0 Å². The van der Waals surface area contributed by atoms with E-state index in [2.05, 4.69) is 81.5 Å². The van der Waals surface area contributed by atoms with Crippen LogP contribution in [0.1, 0.15) is 27.2 Å². The number of benzene rings is 1. The van der Waals surface area contributed by atoms with Gasteiger partial charge < -0.3 is 15.5 Å². The average molecular weight is 495 g/mol. The first-order valence-corrected chi connectivity index (χ1v) is 8.66. The van der Waals surface area contributed by atoms with Gasteiger partial charge >= 0.3 is 0 Å². The Balaban J connectivity index is 0.00000264. The third-order valence-corrected chi connectivity index (χ3v) is 4.23. The van der Waals surface area contributed by atoms with E-state index in [1.54, 1.807) is 0 Å². The lowest BCUT2D eigenvalue weighted by molar-refractivity contribution is 0.491. The third-order valence-electron chi connectivity index (χ3n) is 3.73. The first kappa shape index (κ1) is 20.5. The minimum absolute atomic E-state index is 0. The molecule has 0 saturated carbocycles. The van der Waals surface area contributed by atoms with Crippen LogP contribution in [-0.2, 0) is 0 Å². The van der Waals surface area contributed by atoms with Crippen LogP contribution < -0.4 is 15.5 Å². The number of aliphatic imine (C=N–C) groups is 1. The molecule has 1 aromatic rings. The number of rotatable bonds is 3. The van der Waals surface area contributed by atoms with Crippen LogP contribution in [0.2, 0.25) is 0 Å². The molecule has 1 unspecified atom stereocenters. The highest BCUT2D eigenvalue weighted by molar-refractivity contribution is 14.0. The third kappa shape index (κ3) is 6.87. The molecule has 6 heteroatoms. The van der Waals surface area contributed by atoms with Crippen LogP contribution >= 0.6 is 39.9 Å². The standard InChI is InChI=1S/C17H27BrN4.HI/c1-17(2,3)21-16(19-4)20-11-13-8-9-22(12-13)15-7-5-6-14(18)10-15;/h5-7,10,13H,8-9,11-12H2,1-4H3,(H2,19,20,21);1H. The zero-order valence-corrected chi connectivity index (χ0v) is 18.3. The van der Waals surface area contributed by atoms with E-state index < -0.39 is 0 Å². The van der Waals surface area contributed by atoms with Gasteiger partial charge in [-0.2, -0.15) is 0 Å². The number of hydrogen-bond acceptors (Lipinski definition) is 2. The van der Waals surface area contributed by atoms with E-state index >= 15 is 0 Å². The molecule has 0 spiro atoms. The summed E-state index contributed by atoms with van der Waals surface area (Å²) in [5.74, 6) is 1.53. The molecular weight excluding hydrogens is 467 g/mol. The zero-order chi connectivity index (χ0) is 16.2. The van der Waals surface area contributed by atoms with E-state index in [9.17, 15) is 0 Å². The lowest BCUT2D eigenvalue weighted by Crippen LogP contribution is -2.48. The van der Waals surface area contributed by atoms with E-state index in [0.717, 1.165) is 30.1 Å². The summed E-state index contributed by atoms with van der Waals surface area (Å²) in [7, 11) is 1.82. The summed E-state index contributed by atoms with van der Waals surface area (Å²) < 4.78 is 1.14. The Bertz CT molecular complexity index is 528. The molecule has 0 bridgehead atoms. The SMILES string of the molecule is CN=C(NCC1CCN(c2cccc(Br)c2)C1)NC(C)(C)C.I. The highest BCUT2D eigenvalue weighted by Gasteiger charge is 2.23. The first-order chi connectivity index (χ1) is 10.4. The quantitative estimate of drug-likeness (QED) is 0.381. The van der Waals surface area contributed by atoms with Crippen molar-refractivity contribution in [3.8, 4) is 0 Å². The second-order valence-electron chi connectivity index (χ2n) is 6.91. The van der Waals surface area contributed by atoms with Crippen molar-refractivity contribution in [1.29, 1.82) is 0 Å². The first-order valence-electron chi connectivity index (χ1n) is 7.87. The number of hydrogen-bond donors (Lipinski definition) is 2. The van der Waals surface area contributed by atoms with Crippen molar-refractivity contribution in [2.45, 2.75) is 32.7 Å². The van der Waals surface area contributed by atoms with Gasteiger partial charge in [-0.05, 0) is 51.3 Å². The van der Waals surface area contributed by atoms with Gasteiger partial charge in [-0.1, -0.05) is 22.0 Å². The molecule has 2 rings (SSSR count). The van der Waals surface area contributed by atoms with E-state index in [-0.39, 0.29) is 29.5 Å². The van der Waals surface area contributed by atoms with Crippen LogP contribution in [0.3, 0.4) is 0 Å². The number of halogens is 2. The van der Waals surface area contributed by atoms with Gasteiger partial charge in [0, 0.05) is 42.4 Å². The zero-order valence-electron chi connectivity index (χ0n) is 14.4. The minimum atomic E-state index is 0. The van der Waals surface area contributed by atoms with Crippen molar-refractivity contribution in [2.75, 3.05) is 31.6 Å². The Kier molecular flexibility index (Phi) is 8.13. The predicted octanol–water partition coefficient (Wildman–Crippen LogP) is 3.86. The van der Waals surface area contributed by atoms with Gasteiger partial charge in [0.05, 0.1) is 0 Å². The van der Waals surface area contributed by atoms with Gasteiger partial charge in [-0.25, -0.2) is 0 Å². The maximum absolute atomic E-state index is 4.30. The normalized spacial score (nSPS) is 18.6. The van der Waals surface area contributed by atoms with Crippen LogP contribution in [0.5, 0.6) is 0 Å². The van der Waals surface area contributed by atoms with E-state index in [0.29, 0.717) is 5.92 Å². The Labute approximate surface area is 165 Å². The molecule has 1 heterocycles. The summed E-state index contributed by atoms with van der Waals surface area (Å²) in [5, 5.41) is 6.85. The summed E-state index contributed by atoms with van der Waals surface area (Å²) in [6.07, 6.45) is 1.21. The van der Waals surface area contributed by atoms with Crippen LogP contribution in [0.4, 0.5) is 5.69 Å². The van der Waals surface area contributed by atoms with Crippen molar-refractivity contribution in [1.82, 2.24) is 10.6 Å². The molecule has 4 nitrogen and oxygen atoms in total. The monoisotopic (exact) mass is 494 g/mol. The van der Waals surface area contributed by atoms with Crippen molar-refractivity contribution in [2.24, 2.45) is 10.9 Å². The fourth-order valence-electron chi connectivity index (χ4n) is 2.68. The number of nitrogens with one attached hydrogen (secondary N) is 2. The molecule has 1 atom stereocenters. The van der Waals surface area contributed by atoms with Crippen molar-refractivity contribution in [3.63, 3.8) is 0 Å². The molecule has 0 amide bonds. The maximum Gasteiger partial charge on any atom is 0.191 e. The van der Waals surface area contributed by atoms with Gasteiger partial charge in [0.15, 0.2) is 5.96 Å². The largest absolute Gasteiger partial charge is 0.371 e. The number of anilines is 1. The highest BCUT2D eigenvalue weighted by Crippen LogP contribution is 2.25. The number of nitrogens with zero attached hydrogens (tertiary/aromatic N) is 2. The van der Waals surface area contributed by atoms with Crippen molar-refractivity contribution in [3.05, 3.63) is 28.7 Å². The molecule has 23 heavy (non-hydrogen) atoms. The van der Waals surface area contributed by atoms with Gasteiger partial charge in [0.2, 0.25) is 0 Å². The fraction of sp³-hybridized carbons (Fsp3) is 0.588. The van der Waals surface area contributed by atoms with E-state index in [1.807, 2.05) is 7.05 Å².